The van der Waals surface area contributed by atoms with Gasteiger partial charge in [-0.2, -0.15) is 37.9 Å². The van der Waals surface area contributed by atoms with Gasteiger partial charge in [-0.05, 0) is 0 Å². The van der Waals surface area contributed by atoms with Crippen LogP contribution in [0.5, 0.6) is 0 Å². The van der Waals surface area contributed by atoms with E-state index in [1.165, 1.54) is 6.92 Å². The van der Waals surface area contributed by atoms with Gasteiger partial charge in [-0.25, -0.2) is 4.79 Å². The molecule has 0 heterocycles. The minimum atomic E-state index is -1.06. The molecule has 0 unspecified atom stereocenters. The van der Waals surface area contributed by atoms with Gasteiger partial charge in [0.1, 0.15) is 6.04 Å². The number of aliphatic hydroxyl groups excluding tert-OH is 2. The minimum Gasteiger partial charge on any atom is -0.480 e. The first-order valence-corrected chi connectivity index (χ1v) is 6.88. The minimum absolute atomic E-state index is 0. The van der Waals surface area contributed by atoms with Crippen LogP contribution in [0.2, 0.25) is 0 Å². The highest BCUT2D eigenvalue weighted by atomic mass is 32.1. The molecule has 112 valence electrons. The summed E-state index contributed by atoms with van der Waals surface area (Å²) in [5.74, 6) is -0.759. The summed E-state index contributed by atoms with van der Waals surface area (Å²) < 4.78 is 10.0. The first kappa shape index (κ1) is 17.9. The highest BCUT2D eigenvalue weighted by molar-refractivity contribution is 7.80. The second kappa shape index (κ2) is 12.0. The zero-order valence-electron chi connectivity index (χ0n) is 11.9. The molecule has 18 heavy (non-hydrogen) atoms. The average molecular weight is 327 g/mol. The molecule has 1 amide bonds. The molecule has 0 fully saturated rings. The van der Waals surface area contributed by atoms with Crippen molar-refractivity contribution in [1.29, 1.82) is 0 Å². The summed E-state index contributed by atoms with van der Waals surface area (Å²) >= 11 is 11.3. The van der Waals surface area contributed by atoms with E-state index in [2.05, 4.69) is 43.2 Å². The summed E-state index contributed by atoms with van der Waals surface area (Å²) in [7, 11) is 0. The summed E-state index contributed by atoms with van der Waals surface area (Å²) in [5, 5.41) is 28.1. The van der Waals surface area contributed by atoms with Crippen LogP contribution in [0.15, 0.2) is 0 Å². The molecule has 0 aromatic rings. The van der Waals surface area contributed by atoms with Gasteiger partial charge in [-0.1, -0.05) is 0 Å². The summed E-state index contributed by atoms with van der Waals surface area (Å²) in [4.78, 5) is 20.5. The quantitative estimate of drug-likeness (QED) is 0.335. The van der Waals surface area contributed by atoms with Crippen LogP contribution in [-0.4, -0.2) is 62.7 Å². The van der Waals surface area contributed by atoms with Crippen LogP contribution in [-0.2, 0) is 9.59 Å². The number of aliphatic carboxylic acids is 1. The van der Waals surface area contributed by atoms with Crippen LogP contribution in [0.3, 0.4) is 0 Å². The second-order valence-corrected chi connectivity index (χ2v) is 4.37. The Morgan fingerprint density at radius 3 is 1.72 bits per heavy atom. The predicted molar refractivity (Wildman–Crippen MR) is 83.0 cm³/mol. The molecule has 0 aliphatic carbocycles. The fraction of sp³-hybridized carbons (Fsp3) is 0.778. The van der Waals surface area contributed by atoms with E-state index < -0.39 is 24.2 Å². The highest BCUT2D eigenvalue weighted by Crippen LogP contribution is 1.96. The zero-order chi connectivity index (χ0) is 16.7. The van der Waals surface area contributed by atoms with Crippen molar-refractivity contribution in [1.82, 2.24) is 5.32 Å². The van der Waals surface area contributed by atoms with Crippen LogP contribution >= 0.6 is 37.9 Å². The first-order valence-electron chi connectivity index (χ1n) is 5.98. The molecule has 0 rings (SSSR count). The number of carboxylic acids is 1. The molecule has 0 aromatic carbocycles. The van der Waals surface area contributed by atoms with E-state index >= 15 is 0 Å². The molecule has 9 heteroatoms. The Bertz CT molecular complexity index is 259. The van der Waals surface area contributed by atoms with Crippen LogP contribution in [0.25, 0.3) is 0 Å². The number of aliphatic hydroxyl groups is 2. The maximum atomic E-state index is 10.3. The van der Waals surface area contributed by atoms with Crippen molar-refractivity contribution in [3.8, 4) is 0 Å². The maximum Gasteiger partial charge on any atom is 0.327 e. The van der Waals surface area contributed by atoms with Crippen LogP contribution in [0.1, 0.15) is 11.3 Å². The van der Waals surface area contributed by atoms with Crippen molar-refractivity contribution in [3.05, 3.63) is 0 Å². The fourth-order valence-corrected chi connectivity index (χ4v) is 1.41. The number of amides is 1. The smallest absolute Gasteiger partial charge is 0.327 e. The SMILES string of the molecule is CC(=O)N[C@@H](CS)C(=O)O.O[C@H](CS)[C@H](O)CS.[2H][3H].[3HH]. The van der Waals surface area contributed by atoms with Gasteiger partial charge >= 0.3 is 5.97 Å². The largest absolute Gasteiger partial charge is 0.480 e. The highest BCUT2D eigenvalue weighted by Gasteiger charge is 2.15. The Morgan fingerprint density at radius 2 is 1.61 bits per heavy atom. The molecule has 4 N–H and O–H groups in total. The van der Waals surface area contributed by atoms with Gasteiger partial charge in [-0.15, -0.1) is 0 Å². The van der Waals surface area contributed by atoms with Crippen LogP contribution in [0.4, 0.5) is 0 Å². The Morgan fingerprint density at radius 1 is 1.22 bits per heavy atom. The molecule has 0 radical (unpaired) electrons. The molecular weight excluding hydrogens is 298 g/mol. The lowest BCUT2D eigenvalue weighted by Gasteiger charge is -2.11. The Balaban J connectivity index is -0.000000120. The van der Waals surface area contributed by atoms with E-state index in [4.69, 9.17) is 18.3 Å². The maximum absolute atomic E-state index is 10.3. The van der Waals surface area contributed by atoms with Gasteiger partial charge in [0, 0.05) is 28.6 Å². The van der Waals surface area contributed by atoms with E-state index in [-0.39, 0.29) is 24.6 Å². The summed E-state index contributed by atoms with van der Waals surface area (Å²) in [6.45, 7) is 1.26. The third-order valence-corrected chi connectivity index (χ3v) is 2.79. The number of rotatable bonds is 6. The van der Waals surface area contributed by atoms with Crippen molar-refractivity contribution >= 4 is 49.8 Å². The van der Waals surface area contributed by atoms with Gasteiger partial charge in [0.25, 0.3) is 0 Å². The fourth-order valence-electron chi connectivity index (χ4n) is 0.674. The van der Waals surface area contributed by atoms with E-state index in [0.29, 0.717) is 0 Å². The van der Waals surface area contributed by atoms with Gasteiger partial charge in [0.15, 0.2) is 0 Å². The van der Waals surface area contributed by atoms with Crippen molar-refractivity contribution in [2.24, 2.45) is 0 Å². The molecule has 0 saturated heterocycles. The Labute approximate surface area is 127 Å². The van der Waals surface area contributed by atoms with E-state index in [9.17, 15) is 9.59 Å². The van der Waals surface area contributed by atoms with Gasteiger partial charge in [0.2, 0.25) is 5.91 Å². The average Bonchev–Trinajstić information content (AvgIpc) is 2.45. The number of hydrogen-bond acceptors (Lipinski definition) is 7. The molecule has 0 aliphatic heterocycles. The van der Waals surface area contributed by atoms with Gasteiger partial charge < -0.3 is 20.6 Å². The third kappa shape index (κ3) is 11.0. The van der Waals surface area contributed by atoms with Crippen molar-refractivity contribution in [2.45, 2.75) is 25.2 Å². The molecule has 6 nitrogen and oxygen atoms in total. The number of carbonyl (C=O) groups is 2. The second-order valence-electron chi connectivity index (χ2n) is 3.27. The summed E-state index contributed by atoms with van der Waals surface area (Å²) in [6, 6.07) is -0.874. The monoisotopic (exact) mass is 326 g/mol. The molecule has 0 saturated carbocycles. The molecular formula is C9H23NO5S3. The van der Waals surface area contributed by atoms with Crippen LogP contribution in [0, 0.1) is 0 Å². The number of carbonyl (C=O) groups excluding carboxylic acids is 1. The molecule has 0 aliphatic rings. The zero-order valence-corrected chi connectivity index (χ0v) is 12.5. The number of nitrogens with one attached hydrogen (secondary N) is 1. The van der Waals surface area contributed by atoms with Gasteiger partial charge in [0.05, 0.1) is 12.2 Å². The van der Waals surface area contributed by atoms with E-state index in [1.807, 2.05) is 0 Å². The topological polar surface area (TPSA) is 107 Å². The van der Waals surface area contributed by atoms with Gasteiger partial charge in [-0.3, -0.25) is 4.79 Å². The van der Waals surface area contributed by atoms with Crippen LogP contribution < -0.4 is 5.32 Å². The first-order chi connectivity index (χ1) is 9.29. The van der Waals surface area contributed by atoms with Crippen molar-refractivity contribution < 1.29 is 29.3 Å². The van der Waals surface area contributed by atoms with Crippen molar-refractivity contribution in [3.63, 3.8) is 0 Å². The number of carboxylic acid groups (broad SMARTS) is 1. The van der Waals surface area contributed by atoms with Crippen molar-refractivity contribution in [2.75, 3.05) is 17.3 Å². The Hall–Kier alpha value is -0.0900. The summed E-state index contributed by atoms with van der Waals surface area (Å²) in [5.41, 5.74) is 0. The lowest BCUT2D eigenvalue weighted by Crippen LogP contribution is -2.40. The lowest BCUT2D eigenvalue weighted by atomic mass is 10.3. The third-order valence-electron chi connectivity index (χ3n) is 1.68. The van der Waals surface area contributed by atoms with E-state index in [1.54, 1.807) is 0 Å². The lowest BCUT2D eigenvalue weighted by molar-refractivity contribution is -0.140. The number of hydrogen-bond donors (Lipinski definition) is 7. The summed E-state index contributed by atoms with van der Waals surface area (Å²) in [6.07, 6.45) is -1.48. The normalized spacial score (nSPS) is 15.2. The molecule has 0 spiro atoms. The molecule has 3 atom stereocenters. The molecule has 0 bridgehead atoms. The number of thiol groups is 3. The molecule has 0 aromatic heterocycles. The predicted octanol–water partition coefficient (Wildman–Crippen LogP) is -0.435. The Kier molecular flexibility index (Phi) is 11.9. The van der Waals surface area contributed by atoms with E-state index in [0.717, 1.165) is 0 Å². The standard InChI is InChI=1S/C5H9NO3S.C4H10O2S2.2H2/c1-3(7)6-4(2-10)5(8)9;5-3(1-7)4(6)2-8;;/h4,10H,2H2,1H3,(H,6,7)(H,8,9);3-8H,1-2H2;2*1H/t4-;3-,4-;;/m01../s1/i;;1+2D;1+2.